The molecule has 0 unspecified atom stereocenters. The average molecular weight is 309 g/mol. The quantitative estimate of drug-likeness (QED) is 0.791. The third kappa shape index (κ3) is 5.88. The molecular weight excluding hydrogens is 286 g/mol. The van der Waals surface area contributed by atoms with E-state index in [4.69, 9.17) is 5.11 Å². The molecule has 5 heteroatoms. The van der Waals surface area contributed by atoms with Gasteiger partial charge in [-0.1, -0.05) is 32.6 Å². The van der Waals surface area contributed by atoms with Crippen LogP contribution in [-0.4, -0.2) is 26.7 Å². The number of aliphatic hydroxyl groups is 1. The van der Waals surface area contributed by atoms with Gasteiger partial charge in [0.25, 0.3) is 0 Å². The van der Waals surface area contributed by atoms with E-state index in [9.17, 15) is 8.42 Å². The molecule has 1 rings (SSSR count). The van der Waals surface area contributed by atoms with Crippen molar-refractivity contribution in [1.29, 1.82) is 0 Å². The van der Waals surface area contributed by atoms with Crippen LogP contribution in [-0.2, 0) is 10.0 Å². The largest absolute Gasteiger partial charge is 0.395 e. The van der Waals surface area contributed by atoms with Gasteiger partial charge in [0.05, 0.1) is 11.5 Å². The van der Waals surface area contributed by atoms with Crippen molar-refractivity contribution < 1.29 is 13.5 Å². The normalized spacial score (nSPS) is 11.8. The lowest BCUT2D eigenvalue weighted by atomic mass is 9.91. The molecule has 21 heavy (non-hydrogen) atoms. The van der Waals surface area contributed by atoms with Crippen LogP contribution in [0, 0.1) is 17.3 Å². The molecule has 0 aliphatic heterocycles. The molecule has 0 aromatic heterocycles. The maximum Gasteiger partial charge on any atom is 0.240 e. The Morgan fingerprint density at radius 1 is 1.24 bits per heavy atom. The van der Waals surface area contributed by atoms with Crippen LogP contribution >= 0.6 is 0 Å². The third-order valence-corrected chi connectivity index (χ3v) is 4.75. The second-order valence-corrected chi connectivity index (χ2v) is 7.41. The first-order chi connectivity index (χ1) is 9.80. The highest BCUT2D eigenvalue weighted by Crippen LogP contribution is 2.19. The zero-order chi connectivity index (χ0) is 15.9. The Balaban J connectivity index is 2.79. The first kappa shape index (κ1) is 17.7. The van der Waals surface area contributed by atoms with Gasteiger partial charge < -0.3 is 5.11 Å². The number of nitrogens with one attached hydrogen (secondary N) is 1. The van der Waals surface area contributed by atoms with E-state index in [1.165, 1.54) is 0 Å². The molecule has 0 atom stereocenters. The van der Waals surface area contributed by atoms with Crippen molar-refractivity contribution in [3.8, 4) is 11.8 Å². The minimum absolute atomic E-state index is 0.0244. The van der Waals surface area contributed by atoms with Crippen LogP contribution in [0.25, 0.3) is 0 Å². The summed E-state index contributed by atoms with van der Waals surface area (Å²) in [6.07, 6.45) is 1.31. The van der Waals surface area contributed by atoms with Crippen LogP contribution < -0.4 is 4.72 Å². The van der Waals surface area contributed by atoms with Crippen molar-refractivity contribution in [2.75, 3.05) is 13.2 Å². The molecule has 0 saturated carbocycles. The molecule has 1 aromatic carbocycles. The Labute approximate surface area is 127 Å². The SMILES string of the molecule is CCC(C)(C)CNS(=O)(=O)c1ccc(C#CCCO)cc1. The number of benzene rings is 1. The summed E-state index contributed by atoms with van der Waals surface area (Å²) in [4.78, 5) is 0.238. The van der Waals surface area contributed by atoms with Gasteiger partial charge in [0.2, 0.25) is 10.0 Å². The molecule has 0 aliphatic carbocycles. The second-order valence-electron chi connectivity index (χ2n) is 5.64. The molecule has 1 aromatic rings. The van der Waals surface area contributed by atoms with Crippen LogP contribution in [0.15, 0.2) is 29.2 Å². The van der Waals surface area contributed by atoms with Crippen LogP contribution in [0.5, 0.6) is 0 Å². The summed E-state index contributed by atoms with van der Waals surface area (Å²) >= 11 is 0. The van der Waals surface area contributed by atoms with E-state index in [2.05, 4.69) is 16.6 Å². The van der Waals surface area contributed by atoms with E-state index >= 15 is 0 Å². The molecular formula is C16H23NO3S. The maximum atomic E-state index is 12.2. The topological polar surface area (TPSA) is 66.4 Å². The summed E-state index contributed by atoms with van der Waals surface area (Å²) in [5.74, 6) is 5.66. The highest BCUT2D eigenvalue weighted by atomic mass is 32.2. The van der Waals surface area contributed by atoms with Gasteiger partial charge in [-0.3, -0.25) is 0 Å². The van der Waals surface area contributed by atoms with E-state index in [1.807, 2.05) is 20.8 Å². The number of hydrogen-bond donors (Lipinski definition) is 2. The number of sulfonamides is 1. The minimum atomic E-state index is -3.48. The van der Waals surface area contributed by atoms with E-state index in [1.54, 1.807) is 24.3 Å². The molecule has 0 saturated heterocycles. The fourth-order valence-electron chi connectivity index (χ4n) is 1.44. The zero-order valence-electron chi connectivity index (χ0n) is 12.8. The fraction of sp³-hybridized carbons (Fsp3) is 0.500. The summed E-state index contributed by atoms with van der Waals surface area (Å²) < 4.78 is 27.0. The third-order valence-electron chi connectivity index (χ3n) is 3.33. The predicted octanol–water partition coefficient (Wildman–Crippen LogP) is 2.13. The second kappa shape index (κ2) is 7.60. The van der Waals surface area contributed by atoms with Crippen molar-refractivity contribution in [2.45, 2.75) is 38.5 Å². The lowest BCUT2D eigenvalue weighted by Gasteiger charge is -2.22. The first-order valence-electron chi connectivity index (χ1n) is 7.00. The van der Waals surface area contributed by atoms with Crippen LogP contribution in [0.2, 0.25) is 0 Å². The van der Waals surface area contributed by atoms with Gasteiger partial charge in [0.15, 0.2) is 0 Å². The Kier molecular flexibility index (Phi) is 6.41. The molecule has 0 aliphatic rings. The first-order valence-corrected chi connectivity index (χ1v) is 8.48. The lowest BCUT2D eigenvalue weighted by Crippen LogP contribution is -2.33. The highest BCUT2D eigenvalue weighted by Gasteiger charge is 2.20. The minimum Gasteiger partial charge on any atom is -0.395 e. The fourth-order valence-corrected chi connectivity index (χ4v) is 2.68. The van der Waals surface area contributed by atoms with E-state index in [-0.39, 0.29) is 16.9 Å². The standard InChI is InChI=1S/C16H23NO3S/c1-4-16(2,3)13-17-21(19,20)15-10-8-14(9-11-15)7-5-6-12-18/h8-11,17-18H,4,6,12-13H2,1-3H3. The van der Waals surface area contributed by atoms with Gasteiger partial charge in [0, 0.05) is 18.5 Å². The van der Waals surface area contributed by atoms with Crippen molar-refractivity contribution in [3.05, 3.63) is 29.8 Å². The Hall–Kier alpha value is -1.35. The lowest BCUT2D eigenvalue weighted by molar-refractivity contribution is 0.305. The number of hydrogen-bond acceptors (Lipinski definition) is 3. The average Bonchev–Trinajstić information content (AvgIpc) is 2.46. The molecule has 0 radical (unpaired) electrons. The monoisotopic (exact) mass is 309 g/mol. The number of rotatable bonds is 6. The summed E-state index contributed by atoms with van der Waals surface area (Å²) in [7, 11) is -3.48. The van der Waals surface area contributed by atoms with Crippen LogP contribution in [0.1, 0.15) is 39.2 Å². The Morgan fingerprint density at radius 3 is 2.38 bits per heavy atom. The van der Waals surface area contributed by atoms with E-state index < -0.39 is 10.0 Å². The molecule has 4 nitrogen and oxygen atoms in total. The smallest absolute Gasteiger partial charge is 0.240 e. The summed E-state index contributed by atoms with van der Waals surface area (Å²) in [6, 6.07) is 6.43. The van der Waals surface area contributed by atoms with Gasteiger partial charge in [-0.15, -0.1) is 0 Å². The summed E-state index contributed by atoms with van der Waals surface area (Å²) in [5.41, 5.74) is 0.666. The molecule has 0 spiro atoms. The van der Waals surface area contributed by atoms with E-state index in [0.29, 0.717) is 13.0 Å². The van der Waals surface area contributed by atoms with E-state index in [0.717, 1.165) is 12.0 Å². The van der Waals surface area contributed by atoms with Gasteiger partial charge in [-0.25, -0.2) is 13.1 Å². The Bertz CT molecular complexity index is 607. The van der Waals surface area contributed by atoms with Crippen molar-refractivity contribution in [2.24, 2.45) is 5.41 Å². The maximum absolute atomic E-state index is 12.2. The molecule has 0 amide bonds. The molecule has 116 valence electrons. The highest BCUT2D eigenvalue weighted by molar-refractivity contribution is 7.89. The van der Waals surface area contributed by atoms with Crippen molar-refractivity contribution >= 4 is 10.0 Å². The number of aliphatic hydroxyl groups excluding tert-OH is 1. The van der Waals surface area contributed by atoms with Crippen LogP contribution in [0.4, 0.5) is 0 Å². The van der Waals surface area contributed by atoms with Gasteiger partial charge in [0.1, 0.15) is 0 Å². The van der Waals surface area contributed by atoms with Crippen LogP contribution in [0.3, 0.4) is 0 Å². The predicted molar refractivity (Wildman–Crippen MR) is 84.3 cm³/mol. The van der Waals surface area contributed by atoms with Gasteiger partial charge >= 0.3 is 0 Å². The van der Waals surface area contributed by atoms with Crippen molar-refractivity contribution in [1.82, 2.24) is 4.72 Å². The van der Waals surface area contributed by atoms with Gasteiger partial charge in [-0.05, 0) is 36.1 Å². The summed E-state index contributed by atoms with van der Waals surface area (Å²) in [6.45, 7) is 6.51. The molecule has 0 bridgehead atoms. The van der Waals surface area contributed by atoms with Crippen molar-refractivity contribution in [3.63, 3.8) is 0 Å². The molecule has 2 N–H and O–H groups in total. The molecule has 0 fully saturated rings. The summed E-state index contributed by atoms with van der Waals surface area (Å²) in [5, 5.41) is 8.65. The van der Waals surface area contributed by atoms with Gasteiger partial charge in [-0.2, -0.15) is 0 Å². The molecule has 0 heterocycles. The zero-order valence-corrected chi connectivity index (χ0v) is 13.6. The Morgan fingerprint density at radius 2 is 1.86 bits per heavy atom.